The second kappa shape index (κ2) is 10.8. The molecule has 0 aromatic heterocycles. The Balaban J connectivity index is 0.00000272. The molecule has 4 heteroatoms. The number of esters is 1. The predicted octanol–water partition coefficient (Wildman–Crippen LogP) is 2.99. The molecule has 3 nitrogen and oxygen atoms in total. The van der Waals surface area contributed by atoms with E-state index in [1.807, 2.05) is 6.07 Å². The average Bonchev–Trinajstić information content (AvgIpc) is 2.91. The first-order valence-electron chi connectivity index (χ1n) is 12.4. The molecule has 172 valence electrons. The Kier molecular flexibility index (Phi) is 8.65. The second-order valence-corrected chi connectivity index (χ2v) is 10.3. The van der Waals surface area contributed by atoms with E-state index >= 15 is 0 Å². The summed E-state index contributed by atoms with van der Waals surface area (Å²) in [4.78, 5) is 13.3. The molecule has 0 amide bonds. The molecule has 2 bridgehead atoms. The second-order valence-electron chi connectivity index (χ2n) is 10.3. The minimum atomic E-state index is -0.0914. The number of hydrogen-bond donors (Lipinski definition) is 0. The summed E-state index contributed by atoms with van der Waals surface area (Å²) in [5, 5.41) is 0. The van der Waals surface area contributed by atoms with Crippen LogP contribution in [-0.4, -0.2) is 41.7 Å². The zero-order valence-corrected chi connectivity index (χ0v) is 21.7. The average molecular weight is 538 g/mol. The molecule has 0 radical (unpaired) electrons. The van der Waals surface area contributed by atoms with Gasteiger partial charge in [-0.25, -0.2) is 0 Å². The molecule has 3 atom stereocenters. The Morgan fingerprint density at radius 1 is 1.10 bits per heavy atom. The molecular weight excluding hydrogens is 497 g/mol. The molecule has 0 spiro atoms. The molecule has 1 aromatic carbocycles. The first-order valence-corrected chi connectivity index (χ1v) is 12.4. The van der Waals surface area contributed by atoms with Crippen molar-refractivity contribution in [2.75, 3.05) is 13.1 Å². The van der Waals surface area contributed by atoms with E-state index in [0.717, 1.165) is 38.0 Å². The number of hydrogen-bond acceptors (Lipinski definition) is 2. The summed E-state index contributed by atoms with van der Waals surface area (Å²) in [6.07, 6.45) is 11.4. The third-order valence-electron chi connectivity index (χ3n) is 7.81. The summed E-state index contributed by atoms with van der Waals surface area (Å²) < 4.78 is 7.54. The fraction of sp³-hybridized carbons (Fsp3) is 0.667. The molecule has 3 aliphatic rings. The highest BCUT2D eigenvalue weighted by Gasteiger charge is 2.54. The van der Waals surface area contributed by atoms with E-state index in [9.17, 15) is 4.79 Å². The Hall–Kier alpha value is -0.880. The molecular formula is C27H40INO2. The smallest absolute Gasteiger partial charge is 0.313 e. The summed E-state index contributed by atoms with van der Waals surface area (Å²) >= 11 is 0. The van der Waals surface area contributed by atoms with Crippen LogP contribution in [-0.2, 0) is 9.53 Å². The van der Waals surface area contributed by atoms with Gasteiger partial charge in [-0.3, -0.25) is 4.79 Å². The van der Waals surface area contributed by atoms with Gasteiger partial charge in [0.05, 0.1) is 31.1 Å². The minimum Gasteiger partial charge on any atom is -1.00 e. The summed E-state index contributed by atoms with van der Waals surface area (Å²) in [6, 6.07) is 11.8. The number of nitrogens with zero attached hydrogens (tertiary/aromatic N) is 1. The van der Waals surface area contributed by atoms with Gasteiger partial charge >= 0.3 is 5.97 Å². The van der Waals surface area contributed by atoms with E-state index in [1.54, 1.807) is 0 Å². The molecule has 0 N–H and O–H groups in total. The van der Waals surface area contributed by atoms with Crippen molar-refractivity contribution in [3.05, 3.63) is 42.0 Å². The van der Waals surface area contributed by atoms with E-state index in [4.69, 9.17) is 4.74 Å². The summed E-state index contributed by atoms with van der Waals surface area (Å²) in [5.41, 5.74) is 2.36. The van der Waals surface area contributed by atoms with Crippen LogP contribution >= 0.6 is 0 Å². The van der Waals surface area contributed by atoms with Crippen molar-refractivity contribution < 1.29 is 38.0 Å². The van der Waals surface area contributed by atoms with Crippen molar-refractivity contribution in [3.8, 4) is 0 Å². The highest BCUT2D eigenvalue weighted by atomic mass is 127. The molecule has 0 saturated carbocycles. The van der Waals surface area contributed by atoms with Crippen LogP contribution in [0.15, 0.2) is 36.4 Å². The van der Waals surface area contributed by atoms with Crippen molar-refractivity contribution in [1.82, 2.24) is 0 Å². The number of benzene rings is 1. The molecule has 4 rings (SSSR count). The summed E-state index contributed by atoms with van der Waals surface area (Å²) in [7, 11) is 0. The lowest BCUT2D eigenvalue weighted by Crippen LogP contribution is -3.00. The number of fused-ring (bicyclic) bond motifs is 2. The van der Waals surface area contributed by atoms with Crippen LogP contribution in [0.2, 0.25) is 0 Å². The number of piperidine rings is 1. The maximum Gasteiger partial charge on any atom is 0.313 e. The number of carbonyl (C=O) groups excluding carboxylic acids is 1. The van der Waals surface area contributed by atoms with Gasteiger partial charge in [0.2, 0.25) is 0 Å². The molecule has 1 aliphatic carbocycles. The van der Waals surface area contributed by atoms with Crippen LogP contribution in [0, 0.1) is 11.8 Å². The van der Waals surface area contributed by atoms with Crippen LogP contribution < -0.4 is 24.0 Å². The van der Waals surface area contributed by atoms with Gasteiger partial charge in [0.1, 0.15) is 6.10 Å². The molecule has 31 heavy (non-hydrogen) atoms. The van der Waals surface area contributed by atoms with Crippen LogP contribution in [0.3, 0.4) is 0 Å². The van der Waals surface area contributed by atoms with Gasteiger partial charge in [-0.1, -0.05) is 57.2 Å². The highest BCUT2D eigenvalue weighted by Crippen LogP contribution is 2.45. The molecule has 2 fully saturated rings. The standard InChI is InChI=1S/C27H40NO2.HI/c1-4-16-28(19-20(2)3)22-14-15-23(28)18-24(17-22)30-27(29)26-13-9-8-12-25(26)21-10-6-5-7-11-21;/h5-7,10-12,20,22-24,26H,4,8-9,13-19H2,1-3H3;1H/q+1;/p-1. The number of carbonyl (C=O) groups is 1. The fourth-order valence-corrected chi connectivity index (χ4v) is 6.82. The number of allylic oxidation sites excluding steroid dienone is 1. The van der Waals surface area contributed by atoms with Gasteiger partial charge in [0.25, 0.3) is 0 Å². The first kappa shape index (κ1) is 24.8. The number of rotatable bonds is 7. The van der Waals surface area contributed by atoms with E-state index in [0.29, 0.717) is 12.1 Å². The van der Waals surface area contributed by atoms with Crippen molar-refractivity contribution >= 4 is 11.5 Å². The van der Waals surface area contributed by atoms with Crippen LogP contribution in [0.1, 0.15) is 77.7 Å². The van der Waals surface area contributed by atoms with Gasteiger partial charge in [-0.15, -0.1) is 0 Å². The molecule has 3 unspecified atom stereocenters. The van der Waals surface area contributed by atoms with Gasteiger partial charge in [-0.2, -0.15) is 0 Å². The minimum absolute atomic E-state index is 0. The highest BCUT2D eigenvalue weighted by molar-refractivity contribution is 5.89. The molecule has 2 saturated heterocycles. The molecule has 1 aromatic rings. The van der Waals surface area contributed by atoms with Gasteiger partial charge < -0.3 is 33.2 Å². The van der Waals surface area contributed by atoms with Crippen LogP contribution in [0.25, 0.3) is 5.57 Å². The Labute approximate surface area is 206 Å². The van der Waals surface area contributed by atoms with Gasteiger partial charge in [0.15, 0.2) is 0 Å². The Bertz CT molecular complexity index is 746. The lowest BCUT2D eigenvalue weighted by Gasteiger charge is -2.50. The SMILES string of the molecule is CCC[N+]1(CC(C)C)C2CCC1CC(OC(=O)C1CCCC=C1c1ccccc1)C2.[I-]. The summed E-state index contributed by atoms with van der Waals surface area (Å²) in [5.74, 6) is 0.652. The van der Waals surface area contributed by atoms with Crippen molar-refractivity contribution in [3.63, 3.8) is 0 Å². The van der Waals surface area contributed by atoms with Crippen molar-refractivity contribution in [1.29, 1.82) is 0 Å². The normalized spacial score (nSPS) is 32.3. The van der Waals surface area contributed by atoms with Crippen LogP contribution in [0.4, 0.5) is 0 Å². The Morgan fingerprint density at radius 3 is 2.39 bits per heavy atom. The lowest BCUT2D eigenvalue weighted by atomic mass is 9.83. The fourth-order valence-electron chi connectivity index (χ4n) is 6.82. The summed E-state index contributed by atoms with van der Waals surface area (Å²) in [6.45, 7) is 9.63. The molecule has 2 heterocycles. The van der Waals surface area contributed by atoms with E-state index in [1.165, 1.54) is 48.0 Å². The first-order chi connectivity index (χ1) is 14.5. The molecule has 2 aliphatic heterocycles. The topological polar surface area (TPSA) is 26.3 Å². The van der Waals surface area contributed by atoms with Gasteiger partial charge in [0, 0.05) is 31.6 Å². The predicted molar refractivity (Wildman–Crippen MR) is 123 cm³/mol. The Morgan fingerprint density at radius 2 is 1.77 bits per heavy atom. The number of ether oxygens (including phenoxy) is 1. The maximum absolute atomic E-state index is 13.3. The maximum atomic E-state index is 13.3. The quantitative estimate of drug-likeness (QED) is 0.304. The van der Waals surface area contributed by atoms with Crippen LogP contribution in [0.5, 0.6) is 0 Å². The largest absolute Gasteiger partial charge is 1.00 e. The van der Waals surface area contributed by atoms with E-state index in [-0.39, 0.29) is 42.0 Å². The van der Waals surface area contributed by atoms with Crippen molar-refractivity contribution in [2.24, 2.45) is 11.8 Å². The van der Waals surface area contributed by atoms with Crippen molar-refractivity contribution in [2.45, 2.75) is 90.3 Å². The zero-order valence-electron chi connectivity index (χ0n) is 19.6. The van der Waals surface area contributed by atoms with E-state index in [2.05, 4.69) is 51.1 Å². The van der Waals surface area contributed by atoms with E-state index < -0.39 is 0 Å². The number of quaternary nitrogens is 1. The third-order valence-corrected chi connectivity index (χ3v) is 7.81. The zero-order chi connectivity index (χ0) is 21.1. The lowest BCUT2D eigenvalue weighted by molar-refractivity contribution is -0.969. The van der Waals surface area contributed by atoms with Gasteiger partial charge in [-0.05, 0) is 36.8 Å². The monoisotopic (exact) mass is 537 g/mol. The number of halogens is 1. The third kappa shape index (κ3) is 5.21.